The highest BCUT2D eigenvalue weighted by Gasteiger charge is 2.03. The van der Waals surface area contributed by atoms with Crippen molar-refractivity contribution in [3.05, 3.63) is 36.5 Å². The van der Waals surface area contributed by atoms with Gasteiger partial charge >= 0.3 is 0 Å². The smallest absolute Gasteiger partial charge is 0.141 e. The number of halogens is 1. The van der Waals surface area contributed by atoms with Crippen LogP contribution in [0.2, 0.25) is 0 Å². The van der Waals surface area contributed by atoms with Crippen molar-refractivity contribution in [2.45, 2.75) is 13.5 Å². The lowest BCUT2D eigenvalue weighted by atomic mass is 10.2. The third-order valence-electron chi connectivity index (χ3n) is 2.42. The summed E-state index contributed by atoms with van der Waals surface area (Å²) >= 11 is 0. The van der Waals surface area contributed by atoms with Gasteiger partial charge in [-0.15, -0.1) is 0 Å². The lowest BCUT2D eigenvalue weighted by Crippen LogP contribution is -2.19. The van der Waals surface area contributed by atoms with Gasteiger partial charge in [0.15, 0.2) is 0 Å². The summed E-state index contributed by atoms with van der Waals surface area (Å²) < 4.78 is 14.6. The molecule has 2 aromatic heterocycles. The van der Waals surface area contributed by atoms with Crippen molar-refractivity contribution in [3.8, 4) is 11.3 Å². The van der Waals surface area contributed by atoms with Crippen molar-refractivity contribution in [2.75, 3.05) is 13.1 Å². The molecule has 2 rings (SSSR count). The highest BCUT2D eigenvalue weighted by Crippen LogP contribution is 2.15. The van der Waals surface area contributed by atoms with Crippen LogP contribution in [0.15, 0.2) is 30.7 Å². The lowest BCUT2D eigenvalue weighted by molar-refractivity contribution is 0.565. The zero-order chi connectivity index (χ0) is 12.1. The average Bonchev–Trinajstić information content (AvgIpc) is 2.79. The molecule has 0 saturated heterocycles. The van der Waals surface area contributed by atoms with Gasteiger partial charge in [0, 0.05) is 18.3 Å². The summed E-state index contributed by atoms with van der Waals surface area (Å²) in [5.41, 5.74) is 1.64. The Kier molecular flexibility index (Phi) is 3.82. The number of hydrogen-bond donors (Lipinski definition) is 1. The van der Waals surface area contributed by atoms with E-state index in [2.05, 4.69) is 22.3 Å². The quantitative estimate of drug-likeness (QED) is 0.801. The summed E-state index contributed by atoms with van der Waals surface area (Å²) in [5.74, 6) is -0.326. The number of likely N-dealkylation sites (N-methyl/N-ethyl adjacent to an activating group) is 1. The molecule has 0 aromatic carbocycles. The van der Waals surface area contributed by atoms with Gasteiger partial charge in [-0.2, -0.15) is 5.10 Å². The number of nitrogens with zero attached hydrogens (tertiary/aromatic N) is 3. The first-order valence-corrected chi connectivity index (χ1v) is 5.64. The average molecular weight is 234 g/mol. The van der Waals surface area contributed by atoms with E-state index in [0.29, 0.717) is 0 Å². The van der Waals surface area contributed by atoms with Crippen LogP contribution in [0.5, 0.6) is 0 Å². The molecule has 0 atom stereocenters. The molecule has 2 aromatic rings. The van der Waals surface area contributed by atoms with Gasteiger partial charge in [-0.05, 0) is 18.7 Å². The van der Waals surface area contributed by atoms with Crippen LogP contribution in [-0.2, 0) is 6.54 Å². The fourth-order valence-corrected chi connectivity index (χ4v) is 1.54. The first kappa shape index (κ1) is 11.7. The number of nitrogens with one attached hydrogen (secondary N) is 1. The molecule has 90 valence electrons. The summed E-state index contributed by atoms with van der Waals surface area (Å²) in [6.07, 6.45) is 4.87. The second kappa shape index (κ2) is 5.54. The van der Waals surface area contributed by atoms with Gasteiger partial charge in [-0.25, -0.2) is 4.39 Å². The Morgan fingerprint density at radius 2 is 2.24 bits per heavy atom. The Bertz CT molecular complexity index is 464. The first-order chi connectivity index (χ1) is 8.29. The molecule has 0 amide bonds. The lowest BCUT2D eigenvalue weighted by Gasteiger charge is -2.01. The first-order valence-electron chi connectivity index (χ1n) is 5.64. The van der Waals surface area contributed by atoms with E-state index in [9.17, 15) is 4.39 Å². The molecule has 0 spiro atoms. The van der Waals surface area contributed by atoms with Crippen LogP contribution in [0.1, 0.15) is 6.92 Å². The van der Waals surface area contributed by atoms with Crippen molar-refractivity contribution in [1.82, 2.24) is 20.1 Å². The number of hydrogen-bond acceptors (Lipinski definition) is 3. The zero-order valence-electron chi connectivity index (χ0n) is 9.73. The van der Waals surface area contributed by atoms with E-state index in [1.165, 1.54) is 12.3 Å². The molecule has 0 fully saturated rings. The maximum Gasteiger partial charge on any atom is 0.141 e. The van der Waals surface area contributed by atoms with Crippen molar-refractivity contribution in [3.63, 3.8) is 0 Å². The predicted molar refractivity (Wildman–Crippen MR) is 64.0 cm³/mol. The molecule has 0 radical (unpaired) electrons. The largest absolute Gasteiger partial charge is 0.315 e. The molecule has 5 heteroatoms. The van der Waals surface area contributed by atoms with E-state index < -0.39 is 0 Å². The van der Waals surface area contributed by atoms with Crippen molar-refractivity contribution < 1.29 is 4.39 Å². The maximum absolute atomic E-state index is 12.7. The molecular formula is C12H15FN4. The van der Waals surface area contributed by atoms with Gasteiger partial charge < -0.3 is 5.32 Å². The molecular weight excluding hydrogens is 219 g/mol. The highest BCUT2D eigenvalue weighted by atomic mass is 19.1. The highest BCUT2D eigenvalue weighted by molar-refractivity contribution is 5.56. The van der Waals surface area contributed by atoms with Crippen LogP contribution in [0.4, 0.5) is 4.39 Å². The van der Waals surface area contributed by atoms with E-state index in [-0.39, 0.29) is 5.82 Å². The molecule has 0 aliphatic carbocycles. The van der Waals surface area contributed by atoms with E-state index in [1.54, 1.807) is 12.3 Å². The fourth-order valence-electron chi connectivity index (χ4n) is 1.54. The Morgan fingerprint density at radius 1 is 1.35 bits per heavy atom. The molecule has 0 aliphatic heterocycles. The Hall–Kier alpha value is -1.75. The SMILES string of the molecule is CCNCCn1cc(-c2ccc(F)cn2)cn1. The van der Waals surface area contributed by atoms with Crippen molar-refractivity contribution in [1.29, 1.82) is 0 Å². The van der Waals surface area contributed by atoms with E-state index in [0.717, 1.165) is 30.9 Å². The van der Waals surface area contributed by atoms with Crippen molar-refractivity contribution >= 4 is 0 Å². The summed E-state index contributed by atoms with van der Waals surface area (Å²) in [4.78, 5) is 4.01. The Labute approximate surface area is 99.5 Å². The minimum atomic E-state index is -0.326. The Morgan fingerprint density at radius 3 is 2.94 bits per heavy atom. The molecule has 0 saturated carbocycles. The number of rotatable bonds is 5. The Balaban J connectivity index is 2.04. The molecule has 0 aliphatic rings. The van der Waals surface area contributed by atoms with Gasteiger partial charge in [-0.1, -0.05) is 6.92 Å². The third-order valence-corrected chi connectivity index (χ3v) is 2.42. The predicted octanol–water partition coefficient (Wildman–Crippen LogP) is 1.69. The van der Waals surface area contributed by atoms with Gasteiger partial charge in [0.2, 0.25) is 0 Å². The molecule has 2 heterocycles. The standard InChI is InChI=1S/C12H15FN4/c1-2-14-5-6-17-9-10(7-16-17)12-4-3-11(13)8-15-12/h3-4,7-9,14H,2,5-6H2,1H3. The second-order valence-corrected chi connectivity index (χ2v) is 3.71. The maximum atomic E-state index is 12.7. The topological polar surface area (TPSA) is 42.7 Å². The minimum absolute atomic E-state index is 0.326. The molecule has 4 nitrogen and oxygen atoms in total. The third kappa shape index (κ3) is 3.10. The summed E-state index contributed by atoms with van der Waals surface area (Å²) in [6, 6.07) is 3.05. The van der Waals surface area contributed by atoms with E-state index in [1.807, 2.05) is 10.9 Å². The second-order valence-electron chi connectivity index (χ2n) is 3.71. The van der Waals surface area contributed by atoms with E-state index >= 15 is 0 Å². The number of aromatic nitrogens is 3. The monoisotopic (exact) mass is 234 g/mol. The van der Waals surface area contributed by atoms with Crippen molar-refractivity contribution in [2.24, 2.45) is 0 Å². The van der Waals surface area contributed by atoms with E-state index in [4.69, 9.17) is 0 Å². The van der Waals surface area contributed by atoms with Gasteiger partial charge in [0.1, 0.15) is 5.82 Å². The normalized spacial score (nSPS) is 10.7. The van der Waals surface area contributed by atoms with Crippen LogP contribution in [0.3, 0.4) is 0 Å². The molecule has 1 N–H and O–H groups in total. The van der Waals surface area contributed by atoms with Gasteiger partial charge in [0.05, 0.1) is 24.6 Å². The molecule has 0 unspecified atom stereocenters. The van der Waals surface area contributed by atoms with Gasteiger partial charge in [-0.3, -0.25) is 9.67 Å². The van der Waals surface area contributed by atoms with Crippen LogP contribution in [0, 0.1) is 5.82 Å². The zero-order valence-corrected chi connectivity index (χ0v) is 9.73. The van der Waals surface area contributed by atoms with Gasteiger partial charge in [0.25, 0.3) is 0 Å². The fraction of sp³-hybridized carbons (Fsp3) is 0.333. The molecule has 17 heavy (non-hydrogen) atoms. The van der Waals surface area contributed by atoms with Crippen LogP contribution < -0.4 is 5.32 Å². The van der Waals surface area contributed by atoms with Crippen LogP contribution >= 0.6 is 0 Å². The summed E-state index contributed by atoms with van der Waals surface area (Å²) in [6.45, 7) is 4.72. The summed E-state index contributed by atoms with van der Waals surface area (Å²) in [7, 11) is 0. The minimum Gasteiger partial charge on any atom is -0.315 e. The summed E-state index contributed by atoms with van der Waals surface area (Å²) in [5, 5.41) is 7.46. The van der Waals surface area contributed by atoms with Crippen LogP contribution in [-0.4, -0.2) is 27.9 Å². The molecule has 0 bridgehead atoms. The number of pyridine rings is 1. The van der Waals surface area contributed by atoms with Crippen LogP contribution in [0.25, 0.3) is 11.3 Å².